The number of hydrazine groups is 1. The van der Waals surface area contributed by atoms with Crippen molar-refractivity contribution >= 4 is 21.7 Å². The number of nitrogens with zero attached hydrogens (tertiary/aromatic N) is 1. The average molecular weight is 427 g/mol. The first-order chi connectivity index (χ1) is 14.4. The van der Waals surface area contributed by atoms with Crippen LogP contribution in [0.5, 0.6) is 5.75 Å². The smallest absolute Gasteiger partial charge is 0.263 e. The lowest BCUT2D eigenvalue weighted by Crippen LogP contribution is -2.42. The van der Waals surface area contributed by atoms with Crippen LogP contribution in [0.15, 0.2) is 83.5 Å². The Morgan fingerprint density at radius 1 is 1.07 bits per heavy atom. The van der Waals surface area contributed by atoms with E-state index in [1.807, 2.05) is 6.07 Å². The van der Waals surface area contributed by atoms with Gasteiger partial charge in [-0.1, -0.05) is 36.4 Å². The Kier molecular flexibility index (Phi) is 6.65. The van der Waals surface area contributed by atoms with Crippen molar-refractivity contribution in [1.82, 2.24) is 15.2 Å². The molecule has 1 amide bonds. The predicted molar refractivity (Wildman–Crippen MR) is 111 cm³/mol. The summed E-state index contributed by atoms with van der Waals surface area (Å²) in [7, 11) is -2.46. The maximum Gasteiger partial charge on any atom is 0.263 e. The molecular formula is C21H21N3O5S. The topological polar surface area (TPSA) is 105 Å². The van der Waals surface area contributed by atoms with Gasteiger partial charge >= 0.3 is 0 Å². The van der Waals surface area contributed by atoms with Crippen LogP contribution in [0.1, 0.15) is 16.8 Å². The van der Waals surface area contributed by atoms with Gasteiger partial charge in [0.1, 0.15) is 5.75 Å². The monoisotopic (exact) mass is 427 g/mol. The van der Waals surface area contributed by atoms with Crippen LogP contribution < -0.4 is 15.0 Å². The zero-order chi connectivity index (χ0) is 21.6. The Labute approximate surface area is 174 Å². The van der Waals surface area contributed by atoms with E-state index in [0.717, 1.165) is 0 Å². The molecule has 30 heavy (non-hydrogen) atoms. The van der Waals surface area contributed by atoms with E-state index < -0.39 is 15.9 Å². The summed E-state index contributed by atoms with van der Waals surface area (Å²) in [6.45, 7) is 0.0644. The van der Waals surface area contributed by atoms with Gasteiger partial charge in [0.05, 0.1) is 18.6 Å². The highest BCUT2D eigenvalue weighted by molar-refractivity contribution is 7.89. The number of carbonyl (C=O) groups is 2. The number of Topliss-reactive ketones (excluding diaryl/α,β-unsaturated/α-hetero) is 1. The van der Waals surface area contributed by atoms with E-state index in [9.17, 15) is 18.0 Å². The van der Waals surface area contributed by atoms with E-state index in [4.69, 9.17) is 4.74 Å². The minimum absolute atomic E-state index is 0.0174. The van der Waals surface area contributed by atoms with Crippen LogP contribution in [0.3, 0.4) is 0 Å². The van der Waals surface area contributed by atoms with Gasteiger partial charge in [-0.3, -0.25) is 15.0 Å². The standard InChI is InChI=1S/C21H21N3O5S/c1-29-18-9-11-19(12-10-18)30(27,28)23-22-21(26)17-8-5-13-24(14-17)15-20(25)16-6-3-2-4-7-16/h2-7,9-14,23H,8,15H2,1H3,(H,22,26). The fourth-order valence-electron chi connectivity index (χ4n) is 2.75. The number of amides is 1. The fourth-order valence-corrected chi connectivity index (χ4v) is 3.59. The normalized spacial score (nSPS) is 13.5. The lowest BCUT2D eigenvalue weighted by molar-refractivity contribution is -0.118. The highest BCUT2D eigenvalue weighted by Crippen LogP contribution is 2.16. The number of rotatable bonds is 8. The molecule has 0 radical (unpaired) electrons. The third kappa shape index (κ3) is 5.34. The second kappa shape index (κ2) is 9.38. The van der Waals surface area contributed by atoms with Crippen molar-refractivity contribution in [2.75, 3.05) is 13.7 Å². The van der Waals surface area contributed by atoms with Gasteiger partial charge in [0.15, 0.2) is 5.78 Å². The molecule has 2 N–H and O–H groups in total. The molecule has 2 aromatic rings. The molecule has 0 atom stereocenters. The van der Waals surface area contributed by atoms with Crippen LogP contribution >= 0.6 is 0 Å². The maximum absolute atomic E-state index is 12.4. The highest BCUT2D eigenvalue weighted by atomic mass is 32.2. The third-order valence-electron chi connectivity index (χ3n) is 4.34. The molecular weight excluding hydrogens is 406 g/mol. The van der Waals surface area contributed by atoms with E-state index in [-0.39, 0.29) is 17.2 Å². The fraction of sp³-hybridized carbons (Fsp3) is 0.143. The number of ether oxygens (including phenoxy) is 1. The zero-order valence-corrected chi connectivity index (χ0v) is 17.1. The summed E-state index contributed by atoms with van der Waals surface area (Å²) in [6, 6.07) is 14.6. The number of sulfonamides is 1. The van der Waals surface area contributed by atoms with Gasteiger partial charge in [0.2, 0.25) is 0 Å². The number of carbonyl (C=O) groups excluding carboxylic acids is 2. The molecule has 9 heteroatoms. The molecule has 1 aliphatic rings. The maximum atomic E-state index is 12.4. The van der Waals surface area contributed by atoms with Crippen molar-refractivity contribution < 1.29 is 22.7 Å². The molecule has 2 aromatic carbocycles. The molecule has 0 aliphatic carbocycles. The molecule has 0 spiro atoms. The summed E-state index contributed by atoms with van der Waals surface area (Å²) in [5.74, 6) is -0.186. The van der Waals surface area contributed by atoms with E-state index in [1.54, 1.807) is 41.4 Å². The molecule has 8 nitrogen and oxygen atoms in total. The first-order valence-electron chi connectivity index (χ1n) is 9.06. The van der Waals surface area contributed by atoms with Crippen LogP contribution in [-0.2, 0) is 14.8 Å². The Morgan fingerprint density at radius 3 is 2.43 bits per heavy atom. The first-order valence-corrected chi connectivity index (χ1v) is 10.5. The van der Waals surface area contributed by atoms with Gasteiger partial charge in [-0.05, 0) is 30.7 Å². The van der Waals surface area contributed by atoms with Gasteiger partial charge < -0.3 is 9.64 Å². The number of hydrogen-bond donors (Lipinski definition) is 2. The van der Waals surface area contributed by atoms with E-state index in [2.05, 4.69) is 10.3 Å². The highest BCUT2D eigenvalue weighted by Gasteiger charge is 2.19. The third-order valence-corrected chi connectivity index (χ3v) is 5.60. The average Bonchev–Trinajstić information content (AvgIpc) is 2.78. The van der Waals surface area contributed by atoms with Gasteiger partial charge in [-0.25, -0.2) is 8.42 Å². The second-order valence-electron chi connectivity index (χ2n) is 6.44. The summed E-state index contributed by atoms with van der Waals surface area (Å²) in [5.41, 5.74) is 3.09. The number of methoxy groups -OCH3 is 1. The lowest BCUT2D eigenvalue weighted by atomic mass is 10.1. The number of nitrogens with one attached hydrogen (secondary N) is 2. The Balaban J connectivity index is 1.61. The Hall–Kier alpha value is -3.43. The predicted octanol–water partition coefficient (Wildman–Crippen LogP) is 1.99. The van der Waals surface area contributed by atoms with Crippen LogP contribution in [0.2, 0.25) is 0 Å². The van der Waals surface area contributed by atoms with Crippen LogP contribution in [0, 0.1) is 0 Å². The number of benzene rings is 2. The molecule has 3 rings (SSSR count). The van der Waals surface area contributed by atoms with E-state index in [0.29, 0.717) is 23.3 Å². The minimum atomic E-state index is -3.94. The number of hydrogen-bond acceptors (Lipinski definition) is 6. The summed E-state index contributed by atoms with van der Waals surface area (Å²) in [5, 5.41) is 0. The number of ketones is 1. The van der Waals surface area contributed by atoms with Gasteiger partial charge in [-0.15, -0.1) is 4.83 Å². The first kappa shape index (κ1) is 21.3. The van der Waals surface area contributed by atoms with Crippen LogP contribution in [0.25, 0.3) is 0 Å². The minimum Gasteiger partial charge on any atom is -0.497 e. The number of allylic oxidation sites excluding steroid dienone is 1. The molecule has 1 heterocycles. The zero-order valence-electron chi connectivity index (χ0n) is 16.2. The molecule has 0 aromatic heterocycles. The van der Waals surface area contributed by atoms with Crippen molar-refractivity contribution in [2.45, 2.75) is 11.3 Å². The van der Waals surface area contributed by atoms with Crippen molar-refractivity contribution in [3.63, 3.8) is 0 Å². The van der Waals surface area contributed by atoms with Gasteiger partial charge in [0.25, 0.3) is 15.9 Å². The quantitative estimate of drug-likeness (QED) is 0.493. The van der Waals surface area contributed by atoms with Crippen molar-refractivity contribution in [3.05, 3.63) is 84.2 Å². The molecule has 0 fully saturated rings. The summed E-state index contributed by atoms with van der Waals surface area (Å²) >= 11 is 0. The largest absolute Gasteiger partial charge is 0.497 e. The second-order valence-corrected chi connectivity index (χ2v) is 8.12. The Bertz CT molecular complexity index is 1080. The summed E-state index contributed by atoms with van der Waals surface area (Å²) in [6.07, 6.45) is 5.27. The lowest BCUT2D eigenvalue weighted by Gasteiger charge is -2.20. The van der Waals surface area contributed by atoms with Crippen molar-refractivity contribution in [2.24, 2.45) is 0 Å². The molecule has 0 unspecified atom stereocenters. The SMILES string of the molecule is COc1ccc(S(=O)(=O)NNC(=O)C2=CN(CC(=O)c3ccccc3)C=CC2)cc1. The molecule has 0 bridgehead atoms. The Morgan fingerprint density at radius 2 is 1.77 bits per heavy atom. The molecule has 0 saturated heterocycles. The molecule has 156 valence electrons. The van der Waals surface area contributed by atoms with Gasteiger partial charge in [0, 0.05) is 23.5 Å². The van der Waals surface area contributed by atoms with Crippen LogP contribution in [0.4, 0.5) is 0 Å². The molecule has 1 aliphatic heterocycles. The van der Waals surface area contributed by atoms with Crippen molar-refractivity contribution in [3.8, 4) is 5.75 Å². The van der Waals surface area contributed by atoms with Gasteiger partial charge in [-0.2, -0.15) is 0 Å². The van der Waals surface area contributed by atoms with E-state index >= 15 is 0 Å². The van der Waals surface area contributed by atoms with E-state index in [1.165, 1.54) is 37.6 Å². The summed E-state index contributed by atoms with van der Waals surface area (Å²) < 4.78 is 29.7. The summed E-state index contributed by atoms with van der Waals surface area (Å²) in [4.78, 5) is 28.4. The molecule has 0 saturated carbocycles. The van der Waals surface area contributed by atoms with Crippen molar-refractivity contribution in [1.29, 1.82) is 0 Å². The van der Waals surface area contributed by atoms with Crippen LogP contribution in [-0.4, -0.2) is 38.7 Å².